The van der Waals surface area contributed by atoms with Crippen LogP contribution in [0.1, 0.15) is 48.7 Å². The fourth-order valence-corrected chi connectivity index (χ4v) is 3.49. The topological polar surface area (TPSA) is 59.4 Å². The monoisotopic (exact) mass is 342 g/mol. The molecule has 0 aliphatic carbocycles. The van der Waals surface area contributed by atoms with E-state index in [2.05, 4.69) is 16.5 Å². The molecule has 0 radical (unpaired) electrons. The van der Waals surface area contributed by atoms with Gasteiger partial charge in [0.25, 0.3) is 0 Å². The van der Waals surface area contributed by atoms with Gasteiger partial charge in [0.1, 0.15) is 5.75 Å². The first kappa shape index (κ1) is 17.3. The Morgan fingerprint density at radius 2 is 2.24 bits per heavy atom. The maximum atomic E-state index is 12.8. The molecule has 2 aromatic rings. The maximum Gasteiger partial charge on any atom is 0.318 e. The second-order valence-corrected chi connectivity index (χ2v) is 6.61. The fraction of sp³-hybridized carbons (Fsp3) is 0.474. The number of hydrogen-bond acceptors (Lipinski definition) is 3. The number of carbonyl (C=O) groups excluding carboxylic acids is 1. The van der Waals surface area contributed by atoms with E-state index in [1.54, 1.807) is 7.11 Å². The molecule has 0 saturated carbocycles. The van der Waals surface area contributed by atoms with Crippen molar-refractivity contribution in [2.45, 2.75) is 38.8 Å². The third-order valence-corrected chi connectivity index (χ3v) is 5.07. The molecule has 6 heteroatoms. The molecule has 2 heterocycles. The van der Waals surface area contributed by atoms with Gasteiger partial charge in [-0.3, -0.25) is 4.68 Å². The van der Waals surface area contributed by atoms with E-state index in [1.807, 2.05) is 54.9 Å². The van der Waals surface area contributed by atoms with Gasteiger partial charge in [-0.1, -0.05) is 12.1 Å². The summed E-state index contributed by atoms with van der Waals surface area (Å²) in [5, 5.41) is 7.38. The number of urea groups is 1. The number of ether oxygens (including phenoxy) is 1. The van der Waals surface area contributed by atoms with E-state index in [1.165, 1.54) is 0 Å². The van der Waals surface area contributed by atoms with Crippen LogP contribution in [0.2, 0.25) is 0 Å². The Labute approximate surface area is 148 Å². The Morgan fingerprint density at radius 3 is 2.92 bits per heavy atom. The number of amides is 2. The normalized spacial score (nSPS) is 18.2. The Hall–Kier alpha value is -2.50. The summed E-state index contributed by atoms with van der Waals surface area (Å²) in [6, 6.07) is 7.98. The van der Waals surface area contributed by atoms with Crippen molar-refractivity contribution in [3.63, 3.8) is 0 Å². The molecule has 3 rings (SSSR count). The van der Waals surface area contributed by atoms with Crippen LogP contribution in [0.3, 0.4) is 0 Å². The van der Waals surface area contributed by atoms with Crippen molar-refractivity contribution < 1.29 is 9.53 Å². The Bertz CT molecular complexity index is 756. The van der Waals surface area contributed by atoms with Gasteiger partial charge >= 0.3 is 6.03 Å². The van der Waals surface area contributed by atoms with Crippen molar-refractivity contribution in [3.05, 3.63) is 47.3 Å². The highest BCUT2D eigenvalue weighted by Crippen LogP contribution is 2.33. The number of aryl methyl sites for hydroxylation is 1. The molecule has 0 bridgehead atoms. The number of methoxy groups -OCH3 is 1. The molecule has 134 valence electrons. The average Bonchev–Trinajstić information content (AvgIpc) is 3.23. The van der Waals surface area contributed by atoms with Gasteiger partial charge in [0.15, 0.2) is 0 Å². The molecular formula is C19H26N4O2. The van der Waals surface area contributed by atoms with Gasteiger partial charge in [-0.25, -0.2) is 4.79 Å². The van der Waals surface area contributed by atoms with Crippen LogP contribution < -0.4 is 10.1 Å². The lowest BCUT2D eigenvalue weighted by molar-refractivity contribution is 0.189. The minimum Gasteiger partial charge on any atom is -0.497 e. The molecule has 1 N–H and O–H groups in total. The van der Waals surface area contributed by atoms with Crippen molar-refractivity contribution in [2.24, 2.45) is 7.05 Å². The summed E-state index contributed by atoms with van der Waals surface area (Å²) < 4.78 is 7.15. The van der Waals surface area contributed by atoms with Gasteiger partial charge in [-0.2, -0.15) is 5.10 Å². The summed E-state index contributed by atoms with van der Waals surface area (Å²) in [6.45, 7) is 4.78. The maximum absolute atomic E-state index is 12.8. The van der Waals surface area contributed by atoms with Crippen LogP contribution in [-0.2, 0) is 7.05 Å². The number of rotatable bonds is 4. The summed E-state index contributed by atoms with van der Waals surface area (Å²) in [4.78, 5) is 14.8. The quantitative estimate of drug-likeness (QED) is 0.927. The Morgan fingerprint density at radius 1 is 1.44 bits per heavy atom. The van der Waals surface area contributed by atoms with Gasteiger partial charge in [-0.05, 0) is 44.4 Å². The molecule has 1 fully saturated rings. The minimum atomic E-state index is -0.0761. The third-order valence-electron chi connectivity index (χ3n) is 5.07. The molecule has 1 aromatic carbocycles. The molecule has 1 saturated heterocycles. The predicted octanol–water partition coefficient (Wildman–Crippen LogP) is 3.34. The van der Waals surface area contributed by atoms with Gasteiger partial charge in [-0.15, -0.1) is 0 Å². The van der Waals surface area contributed by atoms with Crippen LogP contribution in [-0.4, -0.2) is 34.4 Å². The van der Waals surface area contributed by atoms with E-state index < -0.39 is 0 Å². The van der Waals surface area contributed by atoms with E-state index in [-0.39, 0.29) is 18.1 Å². The lowest BCUT2D eigenvalue weighted by atomic mass is 10.0. The number of nitrogens with one attached hydrogen (secondary N) is 1. The van der Waals surface area contributed by atoms with Crippen LogP contribution in [0.5, 0.6) is 5.75 Å². The van der Waals surface area contributed by atoms with E-state index in [9.17, 15) is 4.79 Å². The number of aromatic nitrogens is 2. The molecule has 25 heavy (non-hydrogen) atoms. The van der Waals surface area contributed by atoms with Crippen molar-refractivity contribution in [1.82, 2.24) is 20.0 Å². The van der Waals surface area contributed by atoms with E-state index >= 15 is 0 Å². The lowest BCUT2D eigenvalue weighted by Crippen LogP contribution is -2.40. The van der Waals surface area contributed by atoms with Crippen molar-refractivity contribution >= 4 is 6.03 Å². The number of likely N-dealkylation sites (tertiary alicyclic amines) is 1. The second kappa shape index (κ2) is 7.17. The fourth-order valence-electron chi connectivity index (χ4n) is 3.49. The van der Waals surface area contributed by atoms with E-state index in [4.69, 9.17) is 4.74 Å². The third kappa shape index (κ3) is 3.48. The van der Waals surface area contributed by atoms with Crippen LogP contribution in [0.15, 0.2) is 30.5 Å². The first-order chi connectivity index (χ1) is 12.0. The molecule has 1 aliphatic heterocycles. The Kier molecular flexibility index (Phi) is 4.97. The van der Waals surface area contributed by atoms with Crippen molar-refractivity contribution in [1.29, 1.82) is 0 Å². The molecule has 1 aromatic heterocycles. The van der Waals surface area contributed by atoms with E-state index in [0.29, 0.717) is 0 Å². The molecular weight excluding hydrogens is 316 g/mol. The number of hydrogen-bond donors (Lipinski definition) is 1. The zero-order valence-electron chi connectivity index (χ0n) is 15.3. The van der Waals surface area contributed by atoms with Crippen LogP contribution in [0, 0.1) is 6.92 Å². The summed E-state index contributed by atoms with van der Waals surface area (Å²) in [6.07, 6.45) is 3.81. The molecule has 0 unspecified atom stereocenters. The number of benzene rings is 1. The molecule has 2 atom stereocenters. The predicted molar refractivity (Wildman–Crippen MR) is 96.6 cm³/mol. The highest BCUT2D eigenvalue weighted by molar-refractivity contribution is 5.75. The highest BCUT2D eigenvalue weighted by Gasteiger charge is 2.31. The molecule has 6 nitrogen and oxygen atoms in total. The van der Waals surface area contributed by atoms with Crippen molar-refractivity contribution in [2.75, 3.05) is 13.7 Å². The van der Waals surface area contributed by atoms with Crippen LogP contribution in [0.25, 0.3) is 0 Å². The lowest BCUT2D eigenvalue weighted by Gasteiger charge is -2.27. The first-order valence-corrected chi connectivity index (χ1v) is 8.71. The largest absolute Gasteiger partial charge is 0.497 e. The zero-order chi connectivity index (χ0) is 18.0. The second-order valence-electron chi connectivity index (χ2n) is 6.61. The summed E-state index contributed by atoms with van der Waals surface area (Å²) in [5.74, 6) is 0.823. The molecule has 2 amide bonds. The molecule has 1 aliphatic rings. The summed E-state index contributed by atoms with van der Waals surface area (Å²) >= 11 is 0. The number of carbonyl (C=O) groups is 1. The number of nitrogens with zero attached hydrogens (tertiary/aromatic N) is 3. The van der Waals surface area contributed by atoms with Crippen LogP contribution >= 0.6 is 0 Å². The molecule has 0 spiro atoms. The summed E-state index contributed by atoms with van der Waals surface area (Å²) in [7, 11) is 3.57. The smallest absolute Gasteiger partial charge is 0.318 e. The zero-order valence-corrected chi connectivity index (χ0v) is 15.3. The highest BCUT2D eigenvalue weighted by atomic mass is 16.5. The van der Waals surface area contributed by atoms with Crippen molar-refractivity contribution in [3.8, 4) is 5.75 Å². The van der Waals surface area contributed by atoms with Crippen LogP contribution in [0.4, 0.5) is 4.79 Å². The minimum absolute atomic E-state index is 0.0268. The van der Waals surface area contributed by atoms with Gasteiger partial charge in [0, 0.05) is 24.8 Å². The first-order valence-electron chi connectivity index (χ1n) is 8.71. The standard InChI is InChI=1S/C19H26N4O2/c1-13(17-12-20-22(3)14(17)2)21-19(24)23-10-6-9-18(23)15-7-5-8-16(11-15)25-4/h5,7-8,11-13,18H,6,9-10H2,1-4H3,(H,21,24)/t13-,18-/m0/s1. The van der Waals surface area contributed by atoms with Gasteiger partial charge in [0.2, 0.25) is 0 Å². The van der Waals surface area contributed by atoms with Gasteiger partial charge in [0.05, 0.1) is 25.4 Å². The van der Waals surface area contributed by atoms with E-state index in [0.717, 1.165) is 42.0 Å². The SMILES string of the molecule is COc1cccc([C@@H]2CCCN2C(=O)N[C@@H](C)c2cnn(C)c2C)c1. The Balaban J connectivity index is 1.73. The summed E-state index contributed by atoms with van der Waals surface area (Å²) in [5.41, 5.74) is 3.24. The van der Waals surface area contributed by atoms with Gasteiger partial charge < -0.3 is 15.0 Å². The average molecular weight is 342 g/mol.